The highest BCUT2D eigenvalue weighted by Crippen LogP contribution is 2.30. The topological polar surface area (TPSA) is 78.5 Å². The molecule has 154 valence electrons. The molecule has 1 aliphatic heterocycles. The molecule has 0 bridgehead atoms. The van der Waals surface area contributed by atoms with Crippen molar-refractivity contribution in [1.29, 1.82) is 0 Å². The van der Waals surface area contributed by atoms with E-state index >= 15 is 0 Å². The Labute approximate surface area is 184 Å². The number of nitrogens with one attached hydrogen (secondary N) is 2. The molecule has 0 saturated heterocycles. The first-order valence-corrected chi connectivity index (χ1v) is 9.90. The third-order valence-corrected chi connectivity index (χ3v) is 5.06. The molecular formula is C24H18ClN3O3. The highest BCUT2D eigenvalue weighted by atomic mass is 35.5. The molecule has 0 saturated carbocycles. The van der Waals surface area contributed by atoms with E-state index in [0.717, 1.165) is 10.5 Å². The molecule has 2 N–H and O–H groups in total. The van der Waals surface area contributed by atoms with Crippen LogP contribution in [-0.2, 0) is 9.59 Å². The Balaban J connectivity index is 1.54. The van der Waals surface area contributed by atoms with E-state index in [-0.39, 0.29) is 16.6 Å². The molecule has 1 heterocycles. The quantitative estimate of drug-likeness (QED) is 0.575. The van der Waals surface area contributed by atoms with Crippen LogP contribution in [0, 0.1) is 6.92 Å². The van der Waals surface area contributed by atoms with Gasteiger partial charge >= 0.3 is 0 Å². The number of amides is 3. The summed E-state index contributed by atoms with van der Waals surface area (Å²) in [5, 5.41) is 5.53. The zero-order chi connectivity index (χ0) is 22.0. The van der Waals surface area contributed by atoms with Crippen molar-refractivity contribution in [3.8, 4) is 0 Å². The zero-order valence-corrected chi connectivity index (χ0v) is 17.3. The maximum absolute atomic E-state index is 12.8. The first-order chi connectivity index (χ1) is 14.9. The van der Waals surface area contributed by atoms with Crippen LogP contribution >= 0.6 is 11.6 Å². The van der Waals surface area contributed by atoms with Gasteiger partial charge in [-0.2, -0.15) is 0 Å². The van der Waals surface area contributed by atoms with Gasteiger partial charge in [0, 0.05) is 16.9 Å². The van der Waals surface area contributed by atoms with Crippen LogP contribution in [0.3, 0.4) is 0 Å². The van der Waals surface area contributed by atoms with Crippen molar-refractivity contribution in [3.05, 3.63) is 101 Å². The van der Waals surface area contributed by atoms with Gasteiger partial charge in [-0.1, -0.05) is 48.0 Å². The van der Waals surface area contributed by atoms with Crippen molar-refractivity contribution >= 4 is 46.4 Å². The first kappa shape index (κ1) is 20.4. The molecule has 6 nitrogen and oxygen atoms in total. The van der Waals surface area contributed by atoms with Gasteiger partial charge in [0.05, 0.1) is 5.69 Å². The molecule has 0 spiro atoms. The largest absolute Gasteiger partial charge is 0.350 e. The summed E-state index contributed by atoms with van der Waals surface area (Å²) in [6, 6.07) is 22.6. The van der Waals surface area contributed by atoms with Crippen LogP contribution in [0.4, 0.5) is 17.1 Å². The summed E-state index contributed by atoms with van der Waals surface area (Å²) >= 11 is 6.17. The number of nitrogens with zero attached hydrogens (tertiary/aromatic N) is 1. The van der Waals surface area contributed by atoms with Crippen molar-refractivity contribution in [2.75, 3.05) is 15.5 Å². The fourth-order valence-corrected chi connectivity index (χ4v) is 3.44. The lowest BCUT2D eigenvalue weighted by Crippen LogP contribution is -2.32. The molecule has 3 aromatic carbocycles. The Morgan fingerprint density at radius 1 is 0.839 bits per heavy atom. The molecule has 0 radical (unpaired) electrons. The van der Waals surface area contributed by atoms with E-state index in [0.29, 0.717) is 22.6 Å². The molecule has 3 amide bonds. The van der Waals surface area contributed by atoms with Gasteiger partial charge in [0.25, 0.3) is 17.7 Å². The average Bonchev–Trinajstić information content (AvgIpc) is 2.98. The van der Waals surface area contributed by atoms with E-state index in [1.807, 2.05) is 25.1 Å². The fraction of sp³-hybridized carbons (Fsp3) is 0.0417. The number of imide groups is 1. The van der Waals surface area contributed by atoms with Gasteiger partial charge in [0.2, 0.25) is 0 Å². The summed E-state index contributed by atoms with van der Waals surface area (Å²) in [5.41, 5.74) is 2.96. The van der Waals surface area contributed by atoms with Gasteiger partial charge in [-0.25, -0.2) is 4.90 Å². The summed E-state index contributed by atoms with van der Waals surface area (Å²) in [4.78, 5) is 39.0. The van der Waals surface area contributed by atoms with Crippen molar-refractivity contribution in [2.45, 2.75) is 6.92 Å². The second kappa shape index (κ2) is 8.45. The number of hydrogen-bond acceptors (Lipinski definition) is 4. The number of para-hydroxylation sites is 1. The molecule has 0 unspecified atom stereocenters. The summed E-state index contributed by atoms with van der Waals surface area (Å²) in [7, 11) is 0. The van der Waals surface area contributed by atoms with E-state index in [2.05, 4.69) is 10.6 Å². The summed E-state index contributed by atoms with van der Waals surface area (Å²) in [6.07, 6.45) is 0. The molecular weight excluding hydrogens is 414 g/mol. The van der Waals surface area contributed by atoms with Crippen molar-refractivity contribution in [1.82, 2.24) is 0 Å². The molecule has 31 heavy (non-hydrogen) atoms. The molecule has 3 aromatic rings. The average molecular weight is 432 g/mol. The van der Waals surface area contributed by atoms with E-state index in [1.165, 1.54) is 0 Å². The van der Waals surface area contributed by atoms with Gasteiger partial charge < -0.3 is 10.6 Å². The third kappa shape index (κ3) is 4.20. The lowest BCUT2D eigenvalue weighted by atomic mass is 10.1. The molecule has 0 fully saturated rings. The molecule has 1 aliphatic rings. The number of halogens is 1. The second-order valence-corrected chi connectivity index (χ2v) is 7.38. The number of benzene rings is 3. The first-order valence-electron chi connectivity index (χ1n) is 9.53. The highest BCUT2D eigenvalue weighted by Gasteiger charge is 2.38. The highest BCUT2D eigenvalue weighted by molar-refractivity contribution is 6.53. The molecule has 0 aliphatic carbocycles. The molecule has 0 aromatic heterocycles. The summed E-state index contributed by atoms with van der Waals surface area (Å²) in [6.45, 7) is 1.94. The molecule has 4 rings (SSSR count). The monoisotopic (exact) mass is 431 g/mol. The van der Waals surface area contributed by atoms with E-state index in [9.17, 15) is 14.4 Å². The van der Waals surface area contributed by atoms with E-state index < -0.39 is 11.8 Å². The number of carbonyl (C=O) groups excluding carboxylic acids is 3. The van der Waals surface area contributed by atoms with Crippen molar-refractivity contribution < 1.29 is 14.4 Å². The predicted molar refractivity (Wildman–Crippen MR) is 121 cm³/mol. The molecule has 0 atom stereocenters. The maximum Gasteiger partial charge on any atom is 0.283 e. The Bertz CT molecular complexity index is 1220. The predicted octanol–water partition coefficient (Wildman–Crippen LogP) is 4.68. The summed E-state index contributed by atoms with van der Waals surface area (Å²) < 4.78 is 0. The summed E-state index contributed by atoms with van der Waals surface area (Å²) in [5.74, 6) is -1.46. The van der Waals surface area contributed by atoms with Crippen LogP contribution in [0.15, 0.2) is 89.6 Å². The number of hydrogen-bond donors (Lipinski definition) is 2. The number of rotatable bonds is 5. The lowest BCUT2D eigenvalue weighted by Gasteiger charge is -2.15. The fourth-order valence-electron chi connectivity index (χ4n) is 3.23. The van der Waals surface area contributed by atoms with Crippen LogP contribution in [0.5, 0.6) is 0 Å². The lowest BCUT2D eigenvalue weighted by molar-refractivity contribution is -0.120. The minimum absolute atomic E-state index is 0.0354. The van der Waals surface area contributed by atoms with Gasteiger partial charge in [-0.15, -0.1) is 0 Å². The number of aryl methyl sites for hydroxylation is 1. The number of carbonyl (C=O) groups is 3. The smallest absolute Gasteiger partial charge is 0.283 e. The molecule has 7 heteroatoms. The Morgan fingerprint density at radius 2 is 1.55 bits per heavy atom. The van der Waals surface area contributed by atoms with Gasteiger partial charge in [0.1, 0.15) is 10.7 Å². The van der Waals surface area contributed by atoms with E-state index in [4.69, 9.17) is 11.6 Å². The van der Waals surface area contributed by atoms with E-state index in [1.54, 1.807) is 60.7 Å². The SMILES string of the molecule is Cc1cccc(NC(=O)c2cccc(NC3=C(Cl)C(=O)N(c4ccccc4)C3=O)c2)c1. The normalized spacial score (nSPS) is 13.5. The van der Waals surface area contributed by atoms with Crippen molar-refractivity contribution in [3.63, 3.8) is 0 Å². The Morgan fingerprint density at radius 3 is 2.29 bits per heavy atom. The van der Waals surface area contributed by atoms with Gasteiger partial charge in [-0.05, 0) is 55.0 Å². The standard InChI is InChI=1S/C24H18ClN3O3/c1-15-7-5-9-17(13-15)27-22(29)16-8-6-10-18(14-16)26-21-20(25)23(30)28(24(21)31)19-11-3-2-4-12-19/h2-14,26H,1H3,(H,27,29). The Kier molecular flexibility index (Phi) is 5.56. The second-order valence-electron chi connectivity index (χ2n) is 7.00. The Hall–Kier alpha value is -3.90. The van der Waals surface area contributed by atoms with Gasteiger partial charge in [0.15, 0.2) is 0 Å². The third-order valence-electron chi connectivity index (χ3n) is 4.71. The van der Waals surface area contributed by atoms with Crippen LogP contribution < -0.4 is 15.5 Å². The maximum atomic E-state index is 12.8. The van der Waals surface area contributed by atoms with Crippen LogP contribution in [-0.4, -0.2) is 17.7 Å². The van der Waals surface area contributed by atoms with Crippen LogP contribution in [0.1, 0.15) is 15.9 Å². The van der Waals surface area contributed by atoms with Crippen LogP contribution in [0.2, 0.25) is 0 Å². The van der Waals surface area contributed by atoms with Crippen LogP contribution in [0.25, 0.3) is 0 Å². The minimum Gasteiger partial charge on any atom is -0.350 e. The minimum atomic E-state index is -0.603. The van der Waals surface area contributed by atoms with Gasteiger partial charge in [-0.3, -0.25) is 14.4 Å². The number of anilines is 3. The zero-order valence-electron chi connectivity index (χ0n) is 16.6. The van der Waals surface area contributed by atoms with Crippen molar-refractivity contribution in [2.24, 2.45) is 0 Å².